The summed E-state index contributed by atoms with van der Waals surface area (Å²) in [6.45, 7) is 1.65. The van der Waals surface area contributed by atoms with Crippen LogP contribution >= 0.6 is 22.9 Å². The van der Waals surface area contributed by atoms with E-state index in [0.717, 1.165) is 58.7 Å². The topological polar surface area (TPSA) is 38.1 Å². The SMILES string of the molecule is Cn1nc(-c2ccc(Cl)cc2)c2cc(C(=O)N3CCC(Cc4ccccc4)CC3)sc21. The van der Waals surface area contributed by atoms with Crippen molar-refractivity contribution in [1.82, 2.24) is 14.7 Å². The summed E-state index contributed by atoms with van der Waals surface area (Å²) in [5, 5.41) is 6.40. The van der Waals surface area contributed by atoms with Gasteiger partial charge in [0.15, 0.2) is 0 Å². The highest BCUT2D eigenvalue weighted by Crippen LogP contribution is 2.35. The number of carbonyl (C=O) groups is 1. The first-order valence-corrected chi connectivity index (χ1v) is 11.8. The summed E-state index contributed by atoms with van der Waals surface area (Å²) in [5.41, 5.74) is 3.29. The third kappa shape index (κ3) is 4.12. The van der Waals surface area contributed by atoms with Crippen LogP contribution in [-0.2, 0) is 13.5 Å². The van der Waals surface area contributed by atoms with Gasteiger partial charge in [-0.2, -0.15) is 5.10 Å². The van der Waals surface area contributed by atoms with Gasteiger partial charge in [-0.05, 0) is 48.9 Å². The molecule has 0 atom stereocenters. The standard InChI is InChI=1S/C25H24ClN3OS/c1-28-25-21(23(27-28)19-7-9-20(26)10-8-19)16-22(31-25)24(30)29-13-11-18(12-14-29)15-17-5-3-2-4-6-17/h2-10,16,18H,11-15H2,1H3. The van der Waals surface area contributed by atoms with Crippen LogP contribution in [0.25, 0.3) is 21.5 Å². The Bertz CT molecular complexity index is 1210. The van der Waals surface area contributed by atoms with Crippen molar-refractivity contribution < 1.29 is 4.79 Å². The van der Waals surface area contributed by atoms with E-state index in [1.54, 1.807) is 0 Å². The molecule has 6 heteroatoms. The number of halogens is 1. The zero-order valence-corrected chi connectivity index (χ0v) is 19.0. The quantitative estimate of drug-likeness (QED) is 0.380. The summed E-state index contributed by atoms with van der Waals surface area (Å²) in [6.07, 6.45) is 3.22. The van der Waals surface area contributed by atoms with Crippen LogP contribution in [0.2, 0.25) is 5.02 Å². The number of amides is 1. The molecule has 158 valence electrons. The van der Waals surface area contributed by atoms with E-state index < -0.39 is 0 Å². The lowest BCUT2D eigenvalue weighted by Gasteiger charge is -2.31. The number of rotatable bonds is 4. The van der Waals surface area contributed by atoms with E-state index in [2.05, 4.69) is 35.4 Å². The van der Waals surface area contributed by atoms with E-state index in [4.69, 9.17) is 11.6 Å². The minimum Gasteiger partial charge on any atom is -0.338 e. The van der Waals surface area contributed by atoms with Crippen molar-refractivity contribution in [2.24, 2.45) is 13.0 Å². The van der Waals surface area contributed by atoms with Gasteiger partial charge in [0, 0.05) is 36.1 Å². The number of carbonyl (C=O) groups excluding carboxylic acids is 1. The third-order valence-electron chi connectivity index (χ3n) is 6.11. The first-order chi connectivity index (χ1) is 15.1. The molecule has 0 saturated carbocycles. The van der Waals surface area contributed by atoms with Gasteiger partial charge in [0.2, 0.25) is 0 Å². The summed E-state index contributed by atoms with van der Waals surface area (Å²) in [4.78, 5) is 17.1. The monoisotopic (exact) mass is 449 g/mol. The summed E-state index contributed by atoms with van der Waals surface area (Å²) >= 11 is 7.57. The van der Waals surface area contributed by atoms with Crippen LogP contribution in [-0.4, -0.2) is 33.7 Å². The van der Waals surface area contributed by atoms with Gasteiger partial charge in [0.25, 0.3) is 5.91 Å². The lowest BCUT2D eigenvalue weighted by Crippen LogP contribution is -2.38. The van der Waals surface area contributed by atoms with Crippen molar-refractivity contribution >= 4 is 39.1 Å². The highest BCUT2D eigenvalue weighted by molar-refractivity contribution is 7.20. The van der Waals surface area contributed by atoms with Crippen LogP contribution < -0.4 is 0 Å². The van der Waals surface area contributed by atoms with Crippen molar-refractivity contribution in [2.75, 3.05) is 13.1 Å². The number of fused-ring (bicyclic) bond motifs is 1. The highest BCUT2D eigenvalue weighted by Gasteiger charge is 2.26. The van der Waals surface area contributed by atoms with Crippen molar-refractivity contribution in [3.8, 4) is 11.3 Å². The number of hydrogen-bond acceptors (Lipinski definition) is 3. The number of likely N-dealkylation sites (tertiary alicyclic amines) is 1. The smallest absolute Gasteiger partial charge is 0.264 e. The van der Waals surface area contributed by atoms with Gasteiger partial charge in [-0.25, -0.2) is 0 Å². The van der Waals surface area contributed by atoms with E-state index in [0.29, 0.717) is 10.9 Å². The summed E-state index contributed by atoms with van der Waals surface area (Å²) < 4.78 is 1.87. The maximum absolute atomic E-state index is 13.2. The normalized spacial score (nSPS) is 15.0. The second-order valence-corrected chi connectivity index (χ2v) is 9.70. The fraction of sp³-hybridized carbons (Fsp3) is 0.280. The van der Waals surface area contributed by atoms with Gasteiger partial charge in [0.1, 0.15) is 10.5 Å². The molecule has 0 bridgehead atoms. The molecule has 5 rings (SSSR count). The molecule has 4 aromatic rings. The Labute approximate surface area is 191 Å². The zero-order chi connectivity index (χ0) is 21.4. The zero-order valence-electron chi connectivity index (χ0n) is 17.4. The van der Waals surface area contributed by atoms with Gasteiger partial charge in [-0.3, -0.25) is 9.48 Å². The van der Waals surface area contributed by atoms with Crippen LogP contribution in [0.15, 0.2) is 60.7 Å². The Hall–Kier alpha value is -2.63. The molecule has 2 aromatic carbocycles. The van der Waals surface area contributed by atoms with E-state index in [1.807, 2.05) is 47.0 Å². The molecule has 0 radical (unpaired) electrons. The summed E-state index contributed by atoms with van der Waals surface area (Å²) in [5.74, 6) is 0.788. The van der Waals surface area contributed by atoms with Crippen LogP contribution in [0, 0.1) is 5.92 Å². The Morgan fingerprint density at radius 2 is 1.81 bits per heavy atom. The average Bonchev–Trinajstić information content (AvgIpc) is 3.36. The molecule has 1 fully saturated rings. The highest BCUT2D eigenvalue weighted by atomic mass is 35.5. The Balaban J connectivity index is 1.31. The van der Waals surface area contributed by atoms with Crippen LogP contribution in [0.5, 0.6) is 0 Å². The average molecular weight is 450 g/mol. The predicted octanol–water partition coefficient (Wildman–Crippen LogP) is 6.05. The number of aromatic nitrogens is 2. The number of aryl methyl sites for hydroxylation is 1. The van der Waals surface area contributed by atoms with E-state index in [1.165, 1.54) is 16.9 Å². The van der Waals surface area contributed by atoms with Crippen LogP contribution in [0.3, 0.4) is 0 Å². The molecule has 2 aromatic heterocycles. The van der Waals surface area contributed by atoms with Crippen LogP contribution in [0.4, 0.5) is 0 Å². The molecule has 1 amide bonds. The number of benzene rings is 2. The molecular formula is C25H24ClN3OS. The molecule has 3 heterocycles. The number of nitrogens with zero attached hydrogens (tertiary/aromatic N) is 3. The fourth-order valence-electron chi connectivity index (χ4n) is 4.41. The number of hydrogen-bond donors (Lipinski definition) is 0. The lowest BCUT2D eigenvalue weighted by atomic mass is 9.90. The van der Waals surface area contributed by atoms with Gasteiger partial charge in [-0.15, -0.1) is 11.3 Å². The third-order valence-corrected chi connectivity index (χ3v) is 7.55. The summed E-state index contributed by atoms with van der Waals surface area (Å²) in [6, 6.07) is 20.3. The minimum atomic E-state index is 0.140. The Morgan fingerprint density at radius 1 is 1.10 bits per heavy atom. The fourth-order valence-corrected chi connectivity index (χ4v) is 5.58. The van der Waals surface area contributed by atoms with Crippen molar-refractivity contribution in [2.45, 2.75) is 19.3 Å². The largest absolute Gasteiger partial charge is 0.338 e. The number of thiophene rings is 1. The summed E-state index contributed by atoms with van der Waals surface area (Å²) in [7, 11) is 1.93. The van der Waals surface area contributed by atoms with Crippen LogP contribution in [0.1, 0.15) is 28.1 Å². The number of piperidine rings is 1. The second kappa shape index (κ2) is 8.48. The van der Waals surface area contributed by atoms with E-state index >= 15 is 0 Å². The van der Waals surface area contributed by atoms with E-state index in [9.17, 15) is 4.79 Å². The molecule has 1 aliphatic heterocycles. The maximum Gasteiger partial charge on any atom is 0.264 e. The molecule has 4 nitrogen and oxygen atoms in total. The molecule has 0 N–H and O–H groups in total. The molecule has 0 unspecified atom stereocenters. The Morgan fingerprint density at radius 3 is 2.52 bits per heavy atom. The predicted molar refractivity (Wildman–Crippen MR) is 128 cm³/mol. The Kier molecular flexibility index (Phi) is 5.55. The first-order valence-electron chi connectivity index (χ1n) is 10.6. The molecule has 0 aliphatic carbocycles. The van der Waals surface area contributed by atoms with Crippen molar-refractivity contribution in [3.63, 3.8) is 0 Å². The second-order valence-electron chi connectivity index (χ2n) is 8.23. The molecule has 1 saturated heterocycles. The van der Waals surface area contributed by atoms with Gasteiger partial charge in [0.05, 0.1) is 4.88 Å². The molecule has 0 spiro atoms. The maximum atomic E-state index is 13.2. The van der Waals surface area contributed by atoms with Gasteiger partial charge < -0.3 is 4.90 Å². The lowest BCUT2D eigenvalue weighted by molar-refractivity contribution is 0.0695. The molecule has 1 aliphatic rings. The van der Waals surface area contributed by atoms with Gasteiger partial charge in [-0.1, -0.05) is 54.1 Å². The first kappa shape index (κ1) is 20.3. The van der Waals surface area contributed by atoms with E-state index in [-0.39, 0.29) is 5.91 Å². The van der Waals surface area contributed by atoms with Crippen molar-refractivity contribution in [3.05, 3.63) is 76.1 Å². The minimum absolute atomic E-state index is 0.140. The van der Waals surface area contributed by atoms with Gasteiger partial charge >= 0.3 is 0 Å². The van der Waals surface area contributed by atoms with Crippen molar-refractivity contribution in [1.29, 1.82) is 0 Å². The molecule has 31 heavy (non-hydrogen) atoms. The molecular weight excluding hydrogens is 426 g/mol.